The summed E-state index contributed by atoms with van der Waals surface area (Å²) in [4.78, 5) is 14.4. The molecule has 2 N–H and O–H groups in total. The highest BCUT2D eigenvalue weighted by Crippen LogP contribution is 2.35. The molecular formula is C15H31N3O. The number of nitrogens with zero attached hydrogens (tertiary/aromatic N) is 1. The van der Waals surface area contributed by atoms with Gasteiger partial charge >= 0.3 is 0 Å². The predicted molar refractivity (Wildman–Crippen MR) is 80.2 cm³/mol. The Balaban J connectivity index is 2.42. The zero-order valence-corrected chi connectivity index (χ0v) is 13.5. The van der Waals surface area contributed by atoms with Crippen LogP contribution in [0.15, 0.2) is 0 Å². The van der Waals surface area contributed by atoms with Gasteiger partial charge in [-0.05, 0) is 60.5 Å². The standard InChI is InChI=1S/C15H31N3O/c1-7-14(3,4)17-13(19)12(2)16-11-15(18(5)6)9-8-10-15/h12,16H,7-11H2,1-6H3,(H,17,19). The molecule has 0 aromatic rings. The average molecular weight is 269 g/mol. The highest BCUT2D eigenvalue weighted by Gasteiger charge is 2.39. The van der Waals surface area contributed by atoms with Gasteiger partial charge in [0.05, 0.1) is 6.04 Å². The fraction of sp³-hybridized carbons (Fsp3) is 0.933. The van der Waals surface area contributed by atoms with E-state index in [1.165, 1.54) is 19.3 Å². The van der Waals surface area contributed by atoms with Crippen LogP contribution in [0, 0.1) is 0 Å². The van der Waals surface area contributed by atoms with Gasteiger partial charge in [0.15, 0.2) is 0 Å². The monoisotopic (exact) mass is 269 g/mol. The van der Waals surface area contributed by atoms with Crippen LogP contribution in [-0.2, 0) is 4.79 Å². The Morgan fingerprint density at radius 1 is 1.37 bits per heavy atom. The van der Waals surface area contributed by atoms with Crippen molar-refractivity contribution < 1.29 is 4.79 Å². The van der Waals surface area contributed by atoms with Gasteiger partial charge in [0.1, 0.15) is 0 Å². The van der Waals surface area contributed by atoms with E-state index in [2.05, 4.69) is 50.4 Å². The van der Waals surface area contributed by atoms with Gasteiger partial charge in [0.25, 0.3) is 0 Å². The number of carbonyl (C=O) groups is 1. The van der Waals surface area contributed by atoms with Crippen LogP contribution in [0.5, 0.6) is 0 Å². The van der Waals surface area contributed by atoms with E-state index in [9.17, 15) is 4.79 Å². The zero-order valence-electron chi connectivity index (χ0n) is 13.5. The quantitative estimate of drug-likeness (QED) is 0.740. The Kier molecular flexibility index (Phi) is 5.39. The summed E-state index contributed by atoms with van der Waals surface area (Å²) >= 11 is 0. The van der Waals surface area contributed by atoms with Crippen molar-refractivity contribution in [2.75, 3.05) is 20.6 Å². The maximum absolute atomic E-state index is 12.1. The Bertz CT molecular complexity index is 309. The van der Waals surface area contributed by atoms with Crippen LogP contribution in [0.1, 0.15) is 53.4 Å². The van der Waals surface area contributed by atoms with Gasteiger partial charge in [-0.15, -0.1) is 0 Å². The van der Waals surface area contributed by atoms with Crippen molar-refractivity contribution in [2.24, 2.45) is 0 Å². The van der Waals surface area contributed by atoms with E-state index in [1.54, 1.807) is 0 Å². The molecule has 1 aliphatic carbocycles. The summed E-state index contributed by atoms with van der Waals surface area (Å²) < 4.78 is 0. The van der Waals surface area contributed by atoms with E-state index < -0.39 is 0 Å². The normalized spacial score (nSPS) is 19.9. The first kappa shape index (κ1) is 16.4. The molecule has 1 unspecified atom stereocenters. The second kappa shape index (κ2) is 6.23. The molecule has 0 saturated heterocycles. The lowest BCUT2D eigenvalue weighted by Gasteiger charge is -2.48. The minimum Gasteiger partial charge on any atom is -0.350 e. The van der Waals surface area contributed by atoms with Crippen molar-refractivity contribution in [2.45, 2.75) is 70.5 Å². The Morgan fingerprint density at radius 2 is 1.95 bits per heavy atom. The van der Waals surface area contributed by atoms with Crippen molar-refractivity contribution in [1.29, 1.82) is 0 Å². The van der Waals surface area contributed by atoms with Crippen LogP contribution in [0.4, 0.5) is 0 Å². The number of amides is 1. The fourth-order valence-corrected chi connectivity index (χ4v) is 2.33. The van der Waals surface area contributed by atoms with Gasteiger partial charge in [0.2, 0.25) is 5.91 Å². The van der Waals surface area contributed by atoms with Crippen molar-refractivity contribution >= 4 is 5.91 Å². The summed E-state index contributed by atoms with van der Waals surface area (Å²) in [7, 11) is 4.26. The molecule has 4 nitrogen and oxygen atoms in total. The lowest BCUT2D eigenvalue weighted by Crippen LogP contribution is -2.59. The molecule has 1 atom stereocenters. The molecule has 0 spiro atoms. The zero-order chi connectivity index (χ0) is 14.7. The molecule has 19 heavy (non-hydrogen) atoms. The lowest BCUT2D eigenvalue weighted by molar-refractivity contribution is -0.124. The first-order valence-corrected chi connectivity index (χ1v) is 7.45. The summed E-state index contributed by atoms with van der Waals surface area (Å²) in [5.41, 5.74) is 0.136. The summed E-state index contributed by atoms with van der Waals surface area (Å²) in [5.74, 6) is 0.0973. The number of likely N-dealkylation sites (N-methyl/N-ethyl adjacent to an activating group) is 1. The van der Waals surface area contributed by atoms with Crippen LogP contribution in [0.3, 0.4) is 0 Å². The van der Waals surface area contributed by atoms with Gasteiger partial charge in [0, 0.05) is 17.6 Å². The molecule has 0 aliphatic heterocycles. The van der Waals surface area contributed by atoms with Crippen molar-refractivity contribution in [3.8, 4) is 0 Å². The lowest BCUT2D eigenvalue weighted by atomic mass is 9.75. The van der Waals surface area contributed by atoms with Gasteiger partial charge in [-0.2, -0.15) is 0 Å². The van der Waals surface area contributed by atoms with Crippen LogP contribution in [-0.4, -0.2) is 48.6 Å². The molecule has 1 rings (SSSR count). The van der Waals surface area contributed by atoms with E-state index in [0.29, 0.717) is 0 Å². The number of rotatable bonds is 7. The van der Waals surface area contributed by atoms with Crippen molar-refractivity contribution in [1.82, 2.24) is 15.5 Å². The summed E-state index contributed by atoms with van der Waals surface area (Å²) in [6.45, 7) is 9.05. The number of hydrogen-bond acceptors (Lipinski definition) is 3. The summed E-state index contributed by atoms with van der Waals surface area (Å²) in [6.07, 6.45) is 4.68. The molecule has 4 heteroatoms. The number of carbonyl (C=O) groups excluding carboxylic acids is 1. The molecule has 112 valence electrons. The molecule has 1 aliphatic rings. The van der Waals surface area contributed by atoms with Gasteiger partial charge in [-0.1, -0.05) is 6.92 Å². The third kappa shape index (κ3) is 4.18. The summed E-state index contributed by atoms with van der Waals surface area (Å²) in [5, 5.41) is 6.49. The molecule has 0 bridgehead atoms. The third-order valence-electron chi connectivity index (χ3n) is 4.71. The van der Waals surface area contributed by atoms with E-state index in [-0.39, 0.29) is 23.0 Å². The fourth-order valence-electron chi connectivity index (χ4n) is 2.33. The Labute approximate surface area is 118 Å². The molecule has 0 aromatic heterocycles. The van der Waals surface area contributed by atoms with Gasteiger partial charge < -0.3 is 15.5 Å². The second-order valence-electron chi connectivity index (χ2n) is 6.80. The molecule has 0 heterocycles. The highest BCUT2D eigenvalue weighted by molar-refractivity contribution is 5.81. The van der Waals surface area contributed by atoms with Crippen molar-refractivity contribution in [3.63, 3.8) is 0 Å². The first-order valence-electron chi connectivity index (χ1n) is 7.45. The predicted octanol–water partition coefficient (Wildman–Crippen LogP) is 1.75. The van der Waals surface area contributed by atoms with E-state index >= 15 is 0 Å². The molecule has 0 aromatic carbocycles. The van der Waals surface area contributed by atoms with Crippen LogP contribution >= 0.6 is 0 Å². The average Bonchev–Trinajstić information content (AvgIpc) is 2.26. The van der Waals surface area contributed by atoms with Gasteiger partial charge in [-0.3, -0.25) is 4.79 Å². The second-order valence-corrected chi connectivity index (χ2v) is 6.80. The number of nitrogens with one attached hydrogen (secondary N) is 2. The maximum Gasteiger partial charge on any atom is 0.237 e. The maximum atomic E-state index is 12.1. The minimum absolute atomic E-state index is 0.0973. The SMILES string of the molecule is CCC(C)(C)NC(=O)C(C)NCC1(N(C)C)CCC1. The molecule has 1 fully saturated rings. The molecule has 1 saturated carbocycles. The largest absolute Gasteiger partial charge is 0.350 e. The van der Waals surface area contributed by atoms with E-state index in [1.807, 2.05) is 6.92 Å². The van der Waals surface area contributed by atoms with Crippen LogP contribution in [0.25, 0.3) is 0 Å². The van der Waals surface area contributed by atoms with Gasteiger partial charge in [-0.25, -0.2) is 0 Å². The van der Waals surface area contributed by atoms with Crippen molar-refractivity contribution in [3.05, 3.63) is 0 Å². The highest BCUT2D eigenvalue weighted by atomic mass is 16.2. The van der Waals surface area contributed by atoms with Crippen LogP contribution in [0.2, 0.25) is 0 Å². The van der Waals surface area contributed by atoms with E-state index in [0.717, 1.165) is 13.0 Å². The molecular weight excluding hydrogens is 238 g/mol. The first-order chi connectivity index (χ1) is 8.72. The smallest absolute Gasteiger partial charge is 0.237 e. The number of hydrogen-bond donors (Lipinski definition) is 2. The van der Waals surface area contributed by atoms with Crippen LogP contribution < -0.4 is 10.6 Å². The topological polar surface area (TPSA) is 44.4 Å². The Morgan fingerprint density at radius 3 is 2.32 bits per heavy atom. The third-order valence-corrected chi connectivity index (χ3v) is 4.71. The molecule has 0 radical (unpaired) electrons. The van der Waals surface area contributed by atoms with E-state index in [4.69, 9.17) is 0 Å². The molecule has 1 amide bonds. The Hall–Kier alpha value is -0.610. The summed E-state index contributed by atoms with van der Waals surface area (Å²) in [6, 6.07) is -0.136. The minimum atomic E-state index is -0.136.